The van der Waals surface area contributed by atoms with Gasteiger partial charge < -0.3 is 10.1 Å². The second kappa shape index (κ2) is 8.26. The molecule has 0 aliphatic rings. The normalized spacial score (nSPS) is 10.9. The molecule has 0 aliphatic heterocycles. The van der Waals surface area contributed by atoms with Crippen LogP contribution in [-0.4, -0.2) is 28.8 Å². The van der Waals surface area contributed by atoms with Crippen molar-refractivity contribution in [3.63, 3.8) is 0 Å². The van der Waals surface area contributed by atoms with Gasteiger partial charge in [-0.2, -0.15) is 5.10 Å². The van der Waals surface area contributed by atoms with Crippen molar-refractivity contribution in [3.05, 3.63) is 69.6 Å². The number of esters is 1. The molecule has 1 heterocycles. The van der Waals surface area contributed by atoms with E-state index in [4.69, 9.17) is 4.74 Å². The molecule has 0 bridgehead atoms. The molecule has 29 heavy (non-hydrogen) atoms. The number of hydrogen-bond acceptors (Lipinski definition) is 5. The van der Waals surface area contributed by atoms with Crippen LogP contribution in [0.15, 0.2) is 47.3 Å². The van der Waals surface area contributed by atoms with Crippen LogP contribution in [0.25, 0.3) is 10.8 Å². The number of amides is 1. The number of hydrogen-bond donors (Lipinski definition) is 1. The Hall–Kier alpha value is -3.48. The van der Waals surface area contributed by atoms with Crippen LogP contribution in [0.1, 0.15) is 40.3 Å². The average Bonchev–Trinajstić information content (AvgIpc) is 2.70. The summed E-state index contributed by atoms with van der Waals surface area (Å²) < 4.78 is 6.08. The summed E-state index contributed by atoms with van der Waals surface area (Å²) in [6.45, 7) is 6.18. The maximum atomic E-state index is 13.1. The first-order valence-electron chi connectivity index (χ1n) is 9.32. The maximum Gasteiger partial charge on any atom is 0.337 e. The fourth-order valence-corrected chi connectivity index (χ4v) is 3.06. The van der Waals surface area contributed by atoms with Crippen molar-refractivity contribution in [2.24, 2.45) is 5.92 Å². The third-order valence-electron chi connectivity index (χ3n) is 4.53. The zero-order valence-electron chi connectivity index (χ0n) is 16.9. The number of methoxy groups -OCH3 is 1. The Labute approximate surface area is 168 Å². The van der Waals surface area contributed by atoms with E-state index in [1.54, 1.807) is 42.5 Å². The first-order valence-corrected chi connectivity index (χ1v) is 9.32. The maximum absolute atomic E-state index is 13.1. The first kappa shape index (κ1) is 20.3. The van der Waals surface area contributed by atoms with Crippen molar-refractivity contribution in [2.45, 2.75) is 27.3 Å². The summed E-state index contributed by atoms with van der Waals surface area (Å²) in [7, 11) is 1.30. The number of nitrogens with zero attached hydrogens (tertiary/aromatic N) is 2. The molecule has 1 N–H and O–H groups in total. The number of aromatic nitrogens is 2. The SMILES string of the molecule is COC(=O)c1ccc(C)c(NC(=O)c2nn(CC(C)C)c(=O)c3ccccc23)c1. The van der Waals surface area contributed by atoms with Gasteiger partial charge in [0.2, 0.25) is 0 Å². The van der Waals surface area contributed by atoms with Gasteiger partial charge in [-0.3, -0.25) is 9.59 Å². The molecule has 0 saturated carbocycles. The fourth-order valence-electron chi connectivity index (χ4n) is 3.06. The predicted molar refractivity (Wildman–Crippen MR) is 111 cm³/mol. The van der Waals surface area contributed by atoms with Gasteiger partial charge in [-0.25, -0.2) is 9.48 Å². The van der Waals surface area contributed by atoms with E-state index < -0.39 is 11.9 Å². The van der Waals surface area contributed by atoms with Crippen LogP contribution < -0.4 is 10.9 Å². The lowest BCUT2D eigenvalue weighted by molar-refractivity contribution is 0.0600. The third-order valence-corrected chi connectivity index (χ3v) is 4.53. The lowest BCUT2D eigenvalue weighted by Crippen LogP contribution is -2.29. The van der Waals surface area contributed by atoms with Gasteiger partial charge >= 0.3 is 5.97 Å². The van der Waals surface area contributed by atoms with Gasteiger partial charge in [-0.05, 0) is 36.6 Å². The smallest absolute Gasteiger partial charge is 0.337 e. The molecule has 0 radical (unpaired) electrons. The van der Waals surface area contributed by atoms with E-state index in [2.05, 4.69) is 10.4 Å². The summed E-state index contributed by atoms with van der Waals surface area (Å²) in [4.78, 5) is 37.6. The van der Waals surface area contributed by atoms with Gasteiger partial charge in [0, 0.05) is 17.6 Å². The molecule has 0 unspecified atom stereocenters. The summed E-state index contributed by atoms with van der Waals surface area (Å²) in [6, 6.07) is 11.8. The van der Waals surface area contributed by atoms with Gasteiger partial charge in [0.1, 0.15) is 0 Å². The highest BCUT2D eigenvalue weighted by Gasteiger charge is 2.18. The number of benzene rings is 2. The van der Waals surface area contributed by atoms with Crippen LogP contribution in [0.4, 0.5) is 5.69 Å². The van der Waals surface area contributed by atoms with Gasteiger partial charge in [0.15, 0.2) is 5.69 Å². The van der Waals surface area contributed by atoms with E-state index in [0.717, 1.165) is 5.56 Å². The van der Waals surface area contributed by atoms with Crippen LogP contribution in [0.5, 0.6) is 0 Å². The van der Waals surface area contributed by atoms with E-state index in [0.29, 0.717) is 28.6 Å². The Morgan fingerprint density at radius 2 is 1.83 bits per heavy atom. The number of carbonyl (C=O) groups is 2. The first-order chi connectivity index (χ1) is 13.8. The number of carbonyl (C=O) groups excluding carboxylic acids is 2. The van der Waals surface area contributed by atoms with Crippen molar-refractivity contribution >= 4 is 28.3 Å². The van der Waals surface area contributed by atoms with Crippen molar-refractivity contribution in [2.75, 3.05) is 12.4 Å². The Bertz CT molecular complexity index is 1150. The molecule has 3 aromatic rings. The van der Waals surface area contributed by atoms with Crippen LogP contribution >= 0.6 is 0 Å². The largest absolute Gasteiger partial charge is 0.465 e. The summed E-state index contributed by atoms with van der Waals surface area (Å²) >= 11 is 0. The van der Waals surface area contributed by atoms with Gasteiger partial charge in [0.25, 0.3) is 11.5 Å². The van der Waals surface area contributed by atoms with E-state index in [-0.39, 0.29) is 17.2 Å². The Morgan fingerprint density at radius 3 is 2.48 bits per heavy atom. The van der Waals surface area contributed by atoms with Gasteiger partial charge in [-0.15, -0.1) is 0 Å². The van der Waals surface area contributed by atoms with Gasteiger partial charge in [-0.1, -0.05) is 38.1 Å². The molecular formula is C22H23N3O4. The van der Waals surface area contributed by atoms with E-state index in [1.807, 2.05) is 20.8 Å². The summed E-state index contributed by atoms with van der Waals surface area (Å²) in [5.74, 6) is -0.755. The average molecular weight is 393 g/mol. The Morgan fingerprint density at radius 1 is 1.14 bits per heavy atom. The standard InChI is InChI=1S/C22H23N3O4/c1-13(2)12-25-21(27)17-8-6-5-7-16(17)19(24-25)20(26)23-18-11-15(22(28)29-4)10-9-14(18)3/h5-11,13H,12H2,1-4H3,(H,23,26). The molecule has 2 aromatic carbocycles. The minimum absolute atomic E-state index is 0.156. The van der Waals surface area contributed by atoms with Crippen molar-refractivity contribution < 1.29 is 14.3 Å². The summed E-state index contributed by atoms with van der Waals surface area (Å²) in [6.07, 6.45) is 0. The summed E-state index contributed by atoms with van der Waals surface area (Å²) in [5.41, 5.74) is 1.52. The molecule has 0 saturated heterocycles. The monoisotopic (exact) mass is 393 g/mol. The van der Waals surface area contributed by atoms with Crippen LogP contribution in [-0.2, 0) is 11.3 Å². The Kier molecular flexibility index (Phi) is 5.77. The van der Waals surface area contributed by atoms with Crippen molar-refractivity contribution in [3.8, 4) is 0 Å². The molecule has 0 aliphatic carbocycles. The fraction of sp³-hybridized carbons (Fsp3) is 0.273. The molecule has 1 aromatic heterocycles. The molecule has 1 amide bonds. The number of ether oxygens (including phenoxy) is 1. The zero-order chi connectivity index (χ0) is 21.1. The number of anilines is 1. The number of fused-ring (bicyclic) bond motifs is 1. The molecular weight excluding hydrogens is 370 g/mol. The number of nitrogens with one attached hydrogen (secondary N) is 1. The van der Waals surface area contributed by atoms with E-state index in [9.17, 15) is 14.4 Å². The van der Waals surface area contributed by atoms with Gasteiger partial charge in [0.05, 0.1) is 18.1 Å². The number of aryl methyl sites for hydroxylation is 1. The third kappa shape index (κ3) is 4.18. The molecule has 150 valence electrons. The van der Waals surface area contributed by atoms with Crippen LogP contribution in [0.2, 0.25) is 0 Å². The number of rotatable bonds is 5. The highest BCUT2D eigenvalue weighted by Crippen LogP contribution is 2.20. The van der Waals surface area contributed by atoms with Crippen LogP contribution in [0, 0.1) is 12.8 Å². The Balaban J connectivity index is 2.07. The topological polar surface area (TPSA) is 90.3 Å². The highest BCUT2D eigenvalue weighted by molar-refractivity contribution is 6.11. The van der Waals surface area contributed by atoms with E-state index in [1.165, 1.54) is 11.8 Å². The second-order valence-electron chi connectivity index (χ2n) is 7.25. The molecule has 7 heteroatoms. The predicted octanol–water partition coefficient (Wildman–Crippen LogP) is 3.40. The van der Waals surface area contributed by atoms with Crippen LogP contribution in [0.3, 0.4) is 0 Å². The zero-order valence-corrected chi connectivity index (χ0v) is 16.9. The molecule has 7 nitrogen and oxygen atoms in total. The molecule has 3 rings (SSSR count). The van der Waals surface area contributed by atoms with E-state index >= 15 is 0 Å². The molecule has 0 atom stereocenters. The highest BCUT2D eigenvalue weighted by atomic mass is 16.5. The quantitative estimate of drug-likeness (QED) is 0.671. The second-order valence-corrected chi connectivity index (χ2v) is 7.25. The molecule has 0 spiro atoms. The van der Waals surface area contributed by atoms with Crippen molar-refractivity contribution in [1.82, 2.24) is 9.78 Å². The molecule has 0 fully saturated rings. The lowest BCUT2D eigenvalue weighted by atomic mass is 10.1. The summed E-state index contributed by atoms with van der Waals surface area (Å²) in [5, 5.41) is 8.08. The van der Waals surface area contributed by atoms with Crippen molar-refractivity contribution in [1.29, 1.82) is 0 Å². The minimum atomic E-state index is -0.491. The minimum Gasteiger partial charge on any atom is -0.465 e. The lowest BCUT2D eigenvalue weighted by Gasteiger charge is -2.14.